The molecule has 0 heterocycles. The lowest BCUT2D eigenvalue weighted by Crippen LogP contribution is -2.25. The van der Waals surface area contributed by atoms with Crippen molar-refractivity contribution in [2.24, 2.45) is 0 Å². The molecular weight excluding hydrogens is 160 g/mol. The largest absolute Gasteiger partial charge is 0.384 e. The summed E-state index contributed by atoms with van der Waals surface area (Å²) in [5.74, 6) is 5.01. The van der Waals surface area contributed by atoms with Gasteiger partial charge >= 0.3 is 0 Å². The van der Waals surface area contributed by atoms with E-state index in [1.165, 1.54) is 0 Å². The van der Waals surface area contributed by atoms with E-state index in [4.69, 9.17) is 12.8 Å². The van der Waals surface area contributed by atoms with Crippen LogP contribution < -0.4 is 0 Å². The molecule has 0 saturated carbocycles. The van der Waals surface area contributed by atoms with E-state index in [0.29, 0.717) is 19.3 Å². The van der Waals surface area contributed by atoms with E-state index in [0.717, 1.165) is 5.57 Å². The smallest absolute Gasteiger partial charge is 0.0973 e. The fourth-order valence-electron chi connectivity index (χ4n) is 1.26. The van der Waals surface area contributed by atoms with Crippen LogP contribution in [0.1, 0.15) is 19.3 Å². The molecule has 0 bridgehead atoms. The van der Waals surface area contributed by atoms with E-state index >= 15 is 0 Å². The van der Waals surface area contributed by atoms with Gasteiger partial charge in [-0.15, -0.1) is 24.7 Å². The molecule has 0 saturated heterocycles. The molecule has 1 atom stereocenters. The van der Waals surface area contributed by atoms with Crippen LogP contribution >= 0.6 is 0 Å². The Balaban J connectivity index is 2.64. The van der Waals surface area contributed by atoms with Crippen LogP contribution in [0.4, 0.5) is 0 Å². The Morgan fingerprint density at radius 2 is 2.23 bits per heavy atom. The van der Waals surface area contributed by atoms with Gasteiger partial charge in [0.15, 0.2) is 0 Å². The van der Waals surface area contributed by atoms with Crippen molar-refractivity contribution in [2.75, 3.05) is 0 Å². The van der Waals surface area contributed by atoms with Crippen molar-refractivity contribution in [2.45, 2.75) is 24.9 Å². The first-order valence-corrected chi connectivity index (χ1v) is 4.18. The SMILES string of the molecule is C#CCC1=CCC(O)(CC#C)C=C1. The summed E-state index contributed by atoms with van der Waals surface area (Å²) in [5, 5.41) is 9.83. The highest BCUT2D eigenvalue weighted by molar-refractivity contribution is 5.31. The van der Waals surface area contributed by atoms with Gasteiger partial charge in [0.25, 0.3) is 0 Å². The second-order valence-electron chi connectivity index (χ2n) is 3.18. The quantitative estimate of drug-likeness (QED) is 0.628. The van der Waals surface area contributed by atoms with Gasteiger partial charge in [-0.25, -0.2) is 0 Å². The molecule has 0 aliphatic heterocycles. The monoisotopic (exact) mass is 172 g/mol. The van der Waals surface area contributed by atoms with Crippen LogP contribution in [0.25, 0.3) is 0 Å². The van der Waals surface area contributed by atoms with Gasteiger partial charge in [-0.3, -0.25) is 0 Å². The molecule has 1 rings (SSSR count). The summed E-state index contributed by atoms with van der Waals surface area (Å²) in [6.07, 6.45) is 17.4. The maximum absolute atomic E-state index is 9.83. The zero-order valence-corrected chi connectivity index (χ0v) is 7.46. The van der Waals surface area contributed by atoms with Crippen molar-refractivity contribution in [1.82, 2.24) is 0 Å². The van der Waals surface area contributed by atoms with Gasteiger partial charge in [-0.05, 0) is 12.0 Å². The highest BCUT2D eigenvalue weighted by atomic mass is 16.3. The topological polar surface area (TPSA) is 20.2 Å². The lowest BCUT2D eigenvalue weighted by molar-refractivity contribution is 0.0982. The van der Waals surface area contributed by atoms with Crippen molar-refractivity contribution in [3.63, 3.8) is 0 Å². The molecule has 1 aliphatic carbocycles. The number of hydrogen-bond donors (Lipinski definition) is 1. The third kappa shape index (κ3) is 2.51. The molecular formula is C12H12O. The Bertz CT molecular complexity index is 322. The van der Waals surface area contributed by atoms with Crippen molar-refractivity contribution < 1.29 is 5.11 Å². The molecule has 0 aromatic heterocycles. The molecule has 0 aromatic carbocycles. The van der Waals surface area contributed by atoms with Crippen LogP contribution in [0.2, 0.25) is 0 Å². The summed E-state index contributed by atoms with van der Waals surface area (Å²) in [5.41, 5.74) is 0.219. The van der Waals surface area contributed by atoms with Gasteiger partial charge in [-0.1, -0.05) is 18.2 Å². The van der Waals surface area contributed by atoms with E-state index in [1.54, 1.807) is 6.08 Å². The first-order valence-electron chi connectivity index (χ1n) is 4.18. The predicted octanol–water partition coefficient (Wildman–Crippen LogP) is 1.65. The fourth-order valence-corrected chi connectivity index (χ4v) is 1.26. The Morgan fingerprint density at radius 1 is 1.46 bits per heavy atom. The summed E-state index contributed by atoms with van der Waals surface area (Å²) < 4.78 is 0. The van der Waals surface area contributed by atoms with Gasteiger partial charge in [-0.2, -0.15) is 0 Å². The molecule has 66 valence electrons. The zero-order valence-electron chi connectivity index (χ0n) is 7.46. The minimum atomic E-state index is -0.854. The highest BCUT2D eigenvalue weighted by Crippen LogP contribution is 2.24. The molecule has 0 aromatic rings. The summed E-state index contributed by atoms with van der Waals surface area (Å²) >= 11 is 0. The summed E-state index contributed by atoms with van der Waals surface area (Å²) in [7, 11) is 0. The van der Waals surface area contributed by atoms with Gasteiger partial charge in [0.1, 0.15) is 0 Å². The van der Waals surface area contributed by atoms with Crippen LogP contribution in [-0.2, 0) is 0 Å². The van der Waals surface area contributed by atoms with Gasteiger partial charge in [0, 0.05) is 12.8 Å². The summed E-state index contributed by atoms with van der Waals surface area (Å²) in [6.45, 7) is 0. The summed E-state index contributed by atoms with van der Waals surface area (Å²) in [4.78, 5) is 0. The van der Waals surface area contributed by atoms with Crippen molar-refractivity contribution in [1.29, 1.82) is 0 Å². The van der Waals surface area contributed by atoms with Crippen molar-refractivity contribution in [3.8, 4) is 24.7 Å². The standard InChI is InChI=1S/C12H12O/c1-3-5-11-6-9-12(13,8-4-2)10-7-11/h1-2,6-7,9,13H,5,8,10H2. The molecule has 1 unspecified atom stereocenters. The second-order valence-corrected chi connectivity index (χ2v) is 3.18. The van der Waals surface area contributed by atoms with Crippen LogP contribution in [0.5, 0.6) is 0 Å². The Hall–Kier alpha value is -1.44. The van der Waals surface area contributed by atoms with E-state index in [1.807, 2.05) is 12.2 Å². The minimum absolute atomic E-state index is 0.351. The lowest BCUT2D eigenvalue weighted by atomic mass is 9.89. The van der Waals surface area contributed by atoms with Gasteiger partial charge in [0.05, 0.1) is 5.60 Å². The Labute approximate surface area is 79.2 Å². The molecule has 1 N–H and O–H groups in total. The molecule has 1 nitrogen and oxygen atoms in total. The van der Waals surface area contributed by atoms with Crippen LogP contribution in [0, 0.1) is 24.7 Å². The Kier molecular flexibility index (Phi) is 2.96. The fraction of sp³-hybridized carbons (Fsp3) is 0.333. The van der Waals surface area contributed by atoms with E-state index < -0.39 is 5.60 Å². The Morgan fingerprint density at radius 3 is 2.69 bits per heavy atom. The number of aliphatic hydroxyl groups is 1. The second kappa shape index (κ2) is 3.99. The molecule has 0 fully saturated rings. The van der Waals surface area contributed by atoms with Crippen LogP contribution in [0.3, 0.4) is 0 Å². The number of hydrogen-bond acceptors (Lipinski definition) is 1. The maximum Gasteiger partial charge on any atom is 0.0973 e. The first kappa shape index (κ1) is 9.65. The number of rotatable bonds is 2. The van der Waals surface area contributed by atoms with Crippen molar-refractivity contribution in [3.05, 3.63) is 23.8 Å². The third-order valence-electron chi connectivity index (χ3n) is 2.04. The molecule has 0 spiro atoms. The van der Waals surface area contributed by atoms with E-state index in [-0.39, 0.29) is 0 Å². The van der Waals surface area contributed by atoms with Crippen molar-refractivity contribution >= 4 is 0 Å². The minimum Gasteiger partial charge on any atom is -0.384 e. The zero-order chi connectivity index (χ0) is 9.73. The highest BCUT2D eigenvalue weighted by Gasteiger charge is 2.23. The maximum atomic E-state index is 9.83. The van der Waals surface area contributed by atoms with Crippen LogP contribution in [-0.4, -0.2) is 10.7 Å². The van der Waals surface area contributed by atoms with Gasteiger partial charge in [0.2, 0.25) is 0 Å². The van der Waals surface area contributed by atoms with Gasteiger partial charge < -0.3 is 5.11 Å². The van der Waals surface area contributed by atoms with E-state index in [2.05, 4.69) is 11.8 Å². The number of terminal acetylenes is 2. The normalized spacial score (nSPS) is 25.9. The first-order chi connectivity index (χ1) is 6.20. The molecule has 0 amide bonds. The molecule has 0 radical (unpaired) electrons. The average molecular weight is 172 g/mol. The van der Waals surface area contributed by atoms with E-state index in [9.17, 15) is 5.11 Å². The molecule has 1 aliphatic rings. The average Bonchev–Trinajstić information content (AvgIpc) is 2.10. The predicted molar refractivity (Wildman–Crippen MR) is 53.7 cm³/mol. The lowest BCUT2D eigenvalue weighted by Gasteiger charge is -2.23. The number of allylic oxidation sites excluding steroid dienone is 2. The molecule has 1 heteroatoms. The molecule has 13 heavy (non-hydrogen) atoms. The third-order valence-corrected chi connectivity index (χ3v) is 2.04. The summed E-state index contributed by atoms with van der Waals surface area (Å²) in [6, 6.07) is 0. The van der Waals surface area contributed by atoms with Crippen LogP contribution in [0.15, 0.2) is 23.8 Å².